The molecule has 1 aliphatic rings. The fourth-order valence-corrected chi connectivity index (χ4v) is 2.42. The fraction of sp³-hybridized carbons (Fsp3) is 0.438. The Labute approximate surface area is 129 Å². The van der Waals surface area contributed by atoms with E-state index in [1.807, 2.05) is 30.3 Å². The van der Waals surface area contributed by atoms with E-state index in [9.17, 15) is 5.11 Å². The number of rotatable bonds is 5. The maximum atomic E-state index is 10.4. The summed E-state index contributed by atoms with van der Waals surface area (Å²) in [6.45, 7) is 3.24. The molecule has 1 aliphatic heterocycles. The van der Waals surface area contributed by atoms with Crippen LogP contribution in [-0.2, 0) is 11.3 Å². The summed E-state index contributed by atoms with van der Waals surface area (Å²) in [5.41, 5.74) is 0.876. The molecular formula is C16H21N3O3. The molecule has 1 aromatic carbocycles. The summed E-state index contributed by atoms with van der Waals surface area (Å²) in [6.07, 6.45) is 1.64. The molecule has 1 saturated heterocycles. The Morgan fingerprint density at radius 1 is 1.32 bits per heavy atom. The first kappa shape index (κ1) is 15.2. The van der Waals surface area contributed by atoms with E-state index in [1.54, 1.807) is 6.26 Å². The number of β-amino-alcohol motifs (C(OH)–C–C–N with tert-alkyl or cyclic N) is 1. The lowest BCUT2D eigenvalue weighted by Gasteiger charge is -2.25. The highest BCUT2D eigenvalue weighted by Crippen LogP contribution is 2.17. The van der Waals surface area contributed by atoms with Crippen molar-refractivity contribution in [3.8, 4) is 11.5 Å². The maximum Gasteiger partial charge on any atom is 0.226 e. The average Bonchev–Trinajstić information content (AvgIpc) is 2.90. The molecule has 0 radical (unpaired) electrons. The van der Waals surface area contributed by atoms with Gasteiger partial charge in [-0.2, -0.15) is 0 Å². The van der Waals surface area contributed by atoms with Crippen molar-refractivity contribution in [3.63, 3.8) is 0 Å². The quantitative estimate of drug-likeness (QED) is 0.757. The van der Waals surface area contributed by atoms with Gasteiger partial charge < -0.3 is 24.9 Å². The number of ether oxygens (including phenoxy) is 1. The number of oxazole rings is 1. The second-order valence-electron chi connectivity index (χ2n) is 5.57. The first-order valence-electron chi connectivity index (χ1n) is 7.47. The van der Waals surface area contributed by atoms with Crippen LogP contribution in [0.25, 0.3) is 11.5 Å². The molecule has 3 N–H and O–H groups in total. The normalized spacial score (nSPS) is 22.4. The van der Waals surface area contributed by atoms with Crippen LogP contribution in [0.4, 0.5) is 0 Å². The Hall–Kier alpha value is -1.73. The number of aliphatic hydroxyl groups is 1. The summed E-state index contributed by atoms with van der Waals surface area (Å²) >= 11 is 0. The topological polar surface area (TPSA) is 79.5 Å². The van der Waals surface area contributed by atoms with Crippen molar-refractivity contribution in [2.24, 2.45) is 0 Å². The van der Waals surface area contributed by atoms with Gasteiger partial charge in [-0.15, -0.1) is 0 Å². The lowest BCUT2D eigenvalue weighted by Crippen LogP contribution is -2.50. The standard InChI is InChI=1S/C16H21N3O3/c20-16(10-17-6-7-21-12-16)11-18-8-14-9-22-15(19-14)13-4-2-1-3-5-13/h1-5,9,17-18,20H,6-8,10-12H2/t16-/m0/s1. The van der Waals surface area contributed by atoms with Crippen molar-refractivity contribution in [3.05, 3.63) is 42.3 Å². The SMILES string of the molecule is O[C@]1(CNCc2coc(-c3ccccc3)n2)CNCCOC1. The van der Waals surface area contributed by atoms with Gasteiger partial charge >= 0.3 is 0 Å². The van der Waals surface area contributed by atoms with E-state index in [0.717, 1.165) is 17.8 Å². The minimum atomic E-state index is -0.886. The van der Waals surface area contributed by atoms with Gasteiger partial charge in [0, 0.05) is 31.7 Å². The third kappa shape index (κ3) is 3.92. The van der Waals surface area contributed by atoms with Crippen molar-refractivity contribution in [1.29, 1.82) is 0 Å². The minimum absolute atomic E-state index is 0.334. The van der Waals surface area contributed by atoms with E-state index in [1.165, 1.54) is 0 Å². The summed E-state index contributed by atoms with van der Waals surface area (Å²) in [5.74, 6) is 0.607. The number of nitrogens with zero attached hydrogens (tertiary/aromatic N) is 1. The van der Waals surface area contributed by atoms with E-state index >= 15 is 0 Å². The van der Waals surface area contributed by atoms with Gasteiger partial charge in [-0.25, -0.2) is 4.98 Å². The average molecular weight is 303 g/mol. The van der Waals surface area contributed by atoms with Crippen LogP contribution >= 0.6 is 0 Å². The van der Waals surface area contributed by atoms with Crippen LogP contribution in [0.1, 0.15) is 5.69 Å². The Balaban J connectivity index is 1.53. The Morgan fingerprint density at radius 3 is 3.05 bits per heavy atom. The molecule has 0 aliphatic carbocycles. The molecule has 1 fully saturated rings. The van der Waals surface area contributed by atoms with E-state index in [0.29, 0.717) is 38.7 Å². The molecule has 0 amide bonds. The summed E-state index contributed by atoms with van der Waals surface area (Å²) < 4.78 is 10.9. The Morgan fingerprint density at radius 2 is 2.18 bits per heavy atom. The molecule has 3 rings (SSSR count). The van der Waals surface area contributed by atoms with Gasteiger partial charge in [0.2, 0.25) is 5.89 Å². The van der Waals surface area contributed by atoms with Crippen LogP contribution in [0.3, 0.4) is 0 Å². The molecule has 0 unspecified atom stereocenters. The number of hydrogen-bond acceptors (Lipinski definition) is 6. The van der Waals surface area contributed by atoms with Gasteiger partial charge in [0.05, 0.1) is 18.9 Å². The third-order valence-electron chi connectivity index (χ3n) is 3.58. The molecule has 1 aromatic heterocycles. The zero-order chi connectivity index (χ0) is 15.3. The third-order valence-corrected chi connectivity index (χ3v) is 3.58. The van der Waals surface area contributed by atoms with Crippen molar-refractivity contribution < 1.29 is 14.3 Å². The first-order valence-corrected chi connectivity index (χ1v) is 7.47. The van der Waals surface area contributed by atoms with E-state index < -0.39 is 5.60 Å². The second kappa shape index (κ2) is 7.02. The largest absolute Gasteiger partial charge is 0.444 e. The summed E-state index contributed by atoms with van der Waals surface area (Å²) in [6, 6.07) is 9.77. The van der Waals surface area contributed by atoms with Crippen molar-refractivity contribution >= 4 is 0 Å². The zero-order valence-corrected chi connectivity index (χ0v) is 12.4. The van der Waals surface area contributed by atoms with Crippen LogP contribution in [0, 0.1) is 0 Å². The maximum absolute atomic E-state index is 10.4. The summed E-state index contributed by atoms with van der Waals surface area (Å²) in [5, 5.41) is 16.8. The molecule has 0 saturated carbocycles. The number of aromatic nitrogens is 1. The predicted molar refractivity (Wildman–Crippen MR) is 82.3 cm³/mol. The van der Waals surface area contributed by atoms with Crippen LogP contribution in [0.15, 0.2) is 41.0 Å². The molecule has 2 aromatic rings. The highest BCUT2D eigenvalue weighted by Gasteiger charge is 2.28. The lowest BCUT2D eigenvalue weighted by atomic mass is 10.1. The van der Waals surface area contributed by atoms with Crippen LogP contribution < -0.4 is 10.6 Å². The fourth-order valence-electron chi connectivity index (χ4n) is 2.42. The molecule has 22 heavy (non-hydrogen) atoms. The highest BCUT2D eigenvalue weighted by atomic mass is 16.5. The van der Waals surface area contributed by atoms with Gasteiger partial charge in [-0.05, 0) is 12.1 Å². The van der Waals surface area contributed by atoms with Crippen molar-refractivity contribution in [2.75, 3.05) is 32.8 Å². The van der Waals surface area contributed by atoms with Gasteiger partial charge in [0.1, 0.15) is 11.9 Å². The molecule has 118 valence electrons. The summed E-state index contributed by atoms with van der Waals surface area (Å²) in [7, 11) is 0. The highest BCUT2D eigenvalue weighted by molar-refractivity contribution is 5.52. The number of hydrogen-bond donors (Lipinski definition) is 3. The van der Waals surface area contributed by atoms with E-state index in [4.69, 9.17) is 9.15 Å². The number of nitrogens with one attached hydrogen (secondary N) is 2. The Bertz CT molecular complexity index is 577. The Kier molecular flexibility index (Phi) is 4.84. The molecule has 2 heterocycles. The van der Waals surface area contributed by atoms with Crippen molar-refractivity contribution in [2.45, 2.75) is 12.1 Å². The smallest absolute Gasteiger partial charge is 0.226 e. The van der Waals surface area contributed by atoms with Crippen molar-refractivity contribution in [1.82, 2.24) is 15.6 Å². The molecule has 6 nitrogen and oxygen atoms in total. The lowest BCUT2D eigenvalue weighted by molar-refractivity contribution is -0.0264. The van der Waals surface area contributed by atoms with E-state index in [2.05, 4.69) is 15.6 Å². The van der Waals surface area contributed by atoms with Gasteiger partial charge in [-0.1, -0.05) is 18.2 Å². The molecular weight excluding hydrogens is 282 g/mol. The minimum Gasteiger partial charge on any atom is -0.444 e. The second-order valence-corrected chi connectivity index (χ2v) is 5.57. The zero-order valence-electron chi connectivity index (χ0n) is 12.4. The van der Waals surface area contributed by atoms with E-state index in [-0.39, 0.29) is 0 Å². The molecule has 0 bridgehead atoms. The number of benzene rings is 1. The molecule has 6 heteroatoms. The van der Waals surface area contributed by atoms with Gasteiger partial charge in [0.25, 0.3) is 0 Å². The molecule has 1 atom stereocenters. The van der Waals surface area contributed by atoms with Gasteiger partial charge in [-0.3, -0.25) is 0 Å². The van der Waals surface area contributed by atoms with Crippen LogP contribution in [-0.4, -0.2) is 48.5 Å². The van der Waals surface area contributed by atoms with Crippen LogP contribution in [0.5, 0.6) is 0 Å². The monoisotopic (exact) mass is 303 g/mol. The van der Waals surface area contributed by atoms with Crippen LogP contribution in [0.2, 0.25) is 0 Å². The van der Waals surface area contributed by atoms with Gasteiger partial charge in [0.15, 0.2) is 0 Å². The first-order chi connectivity index (χ1) is 10.8. The predicted octanol–water partition coefficient (Wildman–Crippen LogP) is 0.782. The summed E-state index contributed by atoms with van der Waals surface area (Å²) in [4.78, 5) is 4.45. The molecule has 0 spiro atoms.